The number of aromatic nitrogens is 4. The average molecular weight is 377 g/mol. The number of benzene rings is 1. The Hall–Kier alpha value is -2.80. The molecule has 1 fully saturated rings. The van der Waals surface area contributed by atoms with Crippen LogP contribution in [0.25, 0.3) is 22.0 Å². The summed E-state index contributed by atoms with van der Waals surface area (Å²) < 4.78 is 0. The van der Waals surface area contributed by atoms with Crippen molar-refractivity contribution in [3.63, 3.8) is 0 Å². The molecule has 2 heterocycles. The highest BCUT2D eigenvalue weighted by molar-refractivity contribution is 5.92. The van der Waals surface area contributed by atoms with E-state index in [0.29, 0.717) is 18.0 Å². The van der Waals surface area contributed by atoms with Gasteiger partial charge in [0, 0.05) is 42.5 Å². The molecule has 1 saturated carbocycles. The zero-order valence-electron chi connectivity index (χ0n) is 16.7. The molecular formula is C21H27N7. The van der Waals surface area contributed by atoms with Crippen molar-refractivity contribution in [2.24, 2.45) is 0 Å². The smallest absolute Gasteiger partial charge is 0.222 e. The number of anilines is 2. The van der Waals surface area contributed by atoms with Crippen molar-refractivity contribution >= 4 is 22.7 Å². The van der Waals surface area contributed by atoms with E-state index in [1.54, 1.807) is 6.33 Å². The SMILES string of the molecule is CNc1ncc(-c2ccc3ncnc(NC4CCC(N(C)C)CC4)c3c2)cn1. The first-order valence-electron chi connectivity index (χ1n) is 9.82. The molecule has 28 heavy (non-hydrogen) atoms. The summed E-state index contributed by atoms with van der Waals surface area (Å²) in [6.07, 6.45) is 10.1. The minimum atomic E-state index is 0.455. The molecule has 4 rings (SSSR count). The molecule has 0 atom stereocenters. The predicted octanol–water partition coefficient (Wildman–Crippen LogP) is 3.41. The first kappa shape index (κ1) is 18.6. The summed E-state index contributed by atoms with van der Waals surface area (Å²) in [6, 6.07) is 7.36. The minimum absolute atomic E-state index is 0.455. The third kappa shape index (κ3) is 3.89. The standard InChI is InChI=1S/C21H27N7/c1-22-21-23-11-15(12-24-21)14-4-9-19-18(10-14)20(26-13-25-19)27-16-5-7-17(8-6-16)28(2)3/h4,9-13,16-17H,5-8H2,1-3H3,(H,22,23,24)(H,25,26,27). The van der Waals surface area contributed by atoms with E-state index in [0.717, 1.165) is 40.7 Å². The zero-order chi connectivity index (χ0) is 19.5. The highest BCUT2D eigenvalue weighted by atomic mass is 15.1. The van der Waals surface area contributed by atoms with Crippen LogP contribution >= 0.6 is 0 Å². The molecular weight excluding hydrogens is 350 g/mol. The van der Waals surface area contributed by atoms with Gasteiger partial charge in [-0.25, -0.2) is 19.9 Å². The number of fused-ring (bicyclic) bond motifs is 1. The lowest BCUT2D eigenvalue weighted by Gasteiger charge is -2.33. The maximum atomic E-state index is 4.54. The highest BCUT2D eigenvalue weighted by Crippen LogP contribution is 2.29. The maximum Gasteiger partial charge on any atom is 0.222 e. The van der Waals surface area contributed by atoms with Gasteiger partial charge in [-0.15, -0.1) is 0 Å². The van der Waals surface area contributed by atoms with E-state index in [-0.39, 0.29) is 0 Å². The molecule has 0 saturated heterocycles. The first-order chi connectivity index (χ1) is 13.6. The zero-order valence-corrected chi connectivity index (χ0v) is 16.7. The van der Waals surface area contributed by atoms with Gasteiger partial charge in [0.15, 0.2) is 0 Å². The van der Waals surface area contributed by atoms with E-state index in [9.17, 15) is 0 Å². The number of hydrogen-bond acceptors (Lipinski definition) is 7. The summed E-state index contributed by atoms with van der Waals surface area (Å²) in [5, 5.41) is 7.65. The van der Waals surface area contributed by atoms with Crippen LogP contribution in [0.2, 0.25) is 0 Å². The van der Waals surface area contributed by atoms with Crippen molar-refractivity contribution in [1.82, 2.24) is 24.8 Å². The van der Waals surface area contributed by atoms with Crippen molar-refractivity contribution in [2.45, 2.75) is 37.8 Å². The lowest BCUT2D eigenvalue weighted by molar-refractivity contribution is 0.221. The monoisotopic (exact) mass is 377 g/mol. The summed E-state index contributed by atoms with van der Waals surface area (Å²) in [4.78, 5) is 19.9. The van der Waals surface area contributed by atoms with Gasteiger partial charge in [0.25, 0.3) is 0 Å². The van der Waals surface area contributed by atoms with Crippen LogP contribution in [0.4, 0.5) is 11.8 Å². The number of nitrogens with zero attached hydrogens (tertiary/aromatic N) is 5. The summed E-state index contributed by atoms with van der Waals surface area (Å²) in [5.41, 5.74) is 2.97. The van der Waals surface area contributed by atoms with Gasteiger partial charge in [0.2, 0.25) is 5.95 Å². The van der Waals surface area contributed by atoms with Gasteiger partial charge >= 0.3 is 0 Å². The highest BCUT2D eigenvalue weighted by Gasteiger charge is 2.23. The van der Waals surface area contributed by atoms with Crippen molar-refractivity contribution < 1.29 is 0 Å². The Kier molecular flexibility index (Phi) is 5.34. The molecule has 1 aromatic carbocycles. The van der Waals surface area contributed by atoms with Crippen LogP contribution in [0.15, 0.2) is 36.9 Å². The van der Waals surface area contributed by atoms with Crippen LogP contribution in [0.3, 0.4) is 0 Å². The Bertz CT molecular complexity index is 931. The lowest BCUT2D eigenvalue weighted by Crippen LogP contribution is -2.36. The lowest BCUT2D eigenvalue weighted by atomic mass is 9.90. The fourth-order valence-electron chi connectivity index (χ4n) is 3.89. The number of rotatable bonds is 5. The molecule has 1 aliphatic carbocycles. The summed E-state index contributed by atoms with van der Waals surface area (Å²) in [7, 11) is 6.15. The molecule has 0 unspecified atom stereocenters. The second kappa shape index (κ2) is 8.06. The van der Waals surface area contributed by atoms with Crippen LogP contribution in [0.5, 0.6) is 0 Å². The quantitative estimate of drug-likeness (QED) is 0.705. The van der Waals surface area contributed by atoms with Gasteiger partial charge in [-0.05, 0) is 57.5 Å². The molecule has 0 amide bonds. The Labute approximate surface area is 165 Å². The average Bonchev–Trinajstić information content (AvgIpc) is 2.74. The second-order valence-electron chi connectivity index (χ2n) is 7.61. The van der Waals surface area contributed by atoms with E-state index in [4.69, 9.17) is 0 Å². The second-order valence-corrected chi connectivity index (χ2v) is 7.61. The van der Waals surface area contributed by atoms with Crippen LogP contribution in [-0.4, -0.2) is 58.1 Å². The van der Waals surface area contributed by atoms with Gasteiger partial charge in [0.05, 0.1) is 5.52 Å². The number of nitrogens with one attached hydrogen (secondary N) is 2. The number of hydrogen-bond donors (Lipinski definition) is 2. The molecule has 0 bridgehead atoms. The molecule has 7 heteroatoms. The maximum absolute atomic E-state index is 4.54. The molecule has 146 valence electrons. The van der Waals surface area contributed by atoms with Crippen LogP contribution in [-0.2, 0) is 0 Å². The molecule has 0 aliphatic heterocycles. The fourth-order valence-corrected chi connectivity index (χ4v) is 3.89. The van der Waals surface area contributed by atoms with Gasteiger partial charge in [-0.2, -0.15) is 0 Å². The van der Waals surface area contributed by atoms with E-state index in [2.05, 4.69) is 61.7 Å². The van der Waals surface area contributed by atoms with E-state index < -0.39 is 0 Å². The summed E-state index contributed by atoms with van der Waals surface area (Å²) in [6.45, 7) is 0. The molecule has 7 nitrogen and oxygen atoms in total. The molecule has 2 aromatic heterocycles. The van der Waals surface area contributed by atoms with E-state index >= 15 is 0 Å². The largest absolute Gasteiger partial charge is 0.367 e. The molecule has 3 aromatic rings. The Morgan fingerprint density at radius 2 is 1.68 bits per heavy atom. The molecule has 0 radical (unpaired) electrons. The van der Waals surface area contributed by atoms with E-state index in [1.807, 2.05) is 25.5 Å². The minimum Gasteiger partial charge on any atom is -0.367 e. The molecule has 1 aliphatic rings. The fraction of sp³-hybridized carbons (Fsp3) is 0.429. The van der Waals surface area contributed by atoms with Gasteiger partial charge < -0.3 is 15.5 Å². The topological polar surface area (TPSA) is 78.9 Å². The van der Waals surface area contributed by atoms with Crippen LogP contribution in [0.1, 0.15) is 25.7 Å². The predicted molar refractivity (Wildman–Crippen MR) is 113 cm³/mol. The Morgan fingerprint density at radius 1 is 0.929 bits per heavy atom. The van der Waals surface area contributed by atoms with Crippen molar-refractivity contribution in [3.05, 3.63) is 36.9 Å². The Balaban J connectivity index is 1.58. The summed E-state index contributed by atoms with van der Waals surface area (Å²) in [5.74, 6) is 1.52. The van der Waals surface area contributed by atoms with Gasteiger partial charge in [-0.1, -0.05) is 6.07 Å². The van der Waals surface area contributed by atoms with Crippen LogP contribution in [0, 0.1) is 0 Å². The van der Waals surface area contributed by atoms with Crippen molar-refractivity contribution in [1.29, 1.82) is 0 Å². The summed E-state index contributed by atoms with van der Waals surface area (Å²) >= 11 is 0. The third-order valence-corrected chi connectivity index (χ3v) is 5.61. The van der Waals surface area contributed by atoms with Gasteiger partial charge in [-0.3, -0.25) is 0 Å². The normalized spacial score (nSPS) is 19.7. The van der Waals surface area contributed by atoms with Gasteiger partial charge in [0.1, 0.15) is 12.1 Å². The van der Waals surface area contributed by atoms with Crippen molar-refractivity contribution in [2.75, 3.05) is 31.8 Å². The first-order valence-corrected chi connectivity index (χ1v) is 9.82. The molecule has 0 spiro atoms. The van der Waals surface area contributed by atoms with E-state index in [1.165, 1.54) is 12.8 Å². The third-order valence-electron chi connectivity index (χ3n) is 5.61. The van der Waals surface area contributed by atoms with Crippen molar-refractivity contribution in [3.8, 4) is 11.1 Å². The Morgan fingerprint density at radius 3 is 2.36 bits per heavy atom. The van der Waals surface area contributed by atoms with Crippen LogP contribution < -0.4 is 10.6 Å². The molecule has 2 N–H and O–H groups in total.